The summed E-state index contributed by atoms with van der Waals surface area (Å²) in [6, 6.07) is 7.66. The van der Waals surface area contributed by atoms with Crippen molar-refractivity contribution >= 4 is 11.8 Å². The van der Waals surface area contributed by atoms with E-state index in [9.17, 15) is 30.0 Å². The second-order valence-electron chi connectivity index (χ2n) is 18.2. The van der Waals surface area contributed by atoms with E-state index in [1.165, 1.54) is 25.3 Å². The first-order chi connectivity index (χ1) is 29.5. The molecule has 0 unspecified atom stereocenters. The molecule has 0 spiro atoms. The third kappa shape index (κ3) is 12.4. The fourth-order valence-corrected chi connectivity index (χ4v) is 9.60. The molecule has 4 aliphatic heterocycles. The van der Waals surface area contributed by atoms with E-state index in [0.717, 1.165) is 18.7 Å². The van der Waals surface area contributed by atoms with Crippen LogP contribution in [0.5, 0.6) is 0 Å². The second-order valence-corrected chi connectivity index (χ2v) is 18.2. The van der Waals surface area contributed by atoms with Crippen LogP contribution in [-0.2, 0) is 55.8 Å². The van der Waals surface area contributed by atoms with Gasteiger partial charge in [0.05, 0.1) is 49.6 Å². The van der Waals surface area contributed by atoms with Crippen LogP contribution in [0.3, 0.4) is 0 Å². The van der Waals surface area contributed by atoms with Crippen LogP contribution >= 0.6 is 0 Å². The van der Waals surface area contributed by atoms with Crippen molar-refractivity contribution in [1.29, 1.82) is 0 Å². The molecular formula is C47H74N2O13. The number of aliphatic hydroxyl groups excluding tert-OH is 4. The van der Waals surface area contributed by atoms with Crippen LogP contribution in [0.2, 0.25) is 0 Å². The molecule has 0 aliphatic carbocycles. The molecule has 4 heterocycles. The Balaban J connectivity index is 1.45. The first-order valence-corrected chi connectivity index (χ1v) is 22.4. The molecule has 2 fully saturated rings. The molecule has 0 saturated carbocycles. The van der Waals surface area contributed by atoms with Crippen molar-refractivity contribution in [3.05, 3.63) is 59.2 Å². The van der Waals surface area contributed by atoms with Crippen LogP contribution in [-0.4, -0.2) is 163 Å². The first kappa shape index (κ1) is 50.4. The summed E-state index contributed by atoms with van der Waals surface area (Å²) >= 11 is 0. The van der Waals surface area contributed by atoms with Crippen LogP contribution in [0.25, 0.3) is 0 Å². The van der Waals surface area contributed by atoms with E-state index in [1.54, 1.807) is 45.0 Å². The SMILES string of the molecule is CC[C@H]1OC(=O)C[C@@H](O)[C@H](C)[C@@H](O[C@@H]2O[C@H](C)[C@@H](O)[C@H](N(C)C)[C@H]2O)[C@@H](CCN2Cc3ccccc3C2)C[C@@H](C)C(=O)/C=C/C(C)=C/[C@@H]1CO[C@@H]1O[C@H](C)[C@@H](O)[C@@H](OC)[C@H]1OC. The Morgan fingerprint density at radius 3 is 2.08 bits per heavy atom. The Morgan fingerprint density at radius 2 is 1.47 bits per heavy atom. The molecule has 0 aromatic heterocycles. The predicted octanol–water partition coefficient (Wildman–Crippen LogP) is 3.38. The smallest absolute Gasteiger partial charge is 0.308 e. The number of likely N-dealkylation sites (N-methyl/N-ethyl adjacent to an activating group) is 1. The van der Waals surface area contributed by atoms with Crippen LogP contribution in [0.15, 0.2) is 48.1 Å². The molecule has 5 rings (SSSR count). The lowest BCUT2D eigenvalue weighted by atomic mass is 9.79. The van der Waals surface area contributed by atoms with Gasteiger partial charge in [0, 0.05) is 45.1 Å². The zero-order valence-electron chi connectivity index (χ0n) is 38.4. The van der Waals surface area contributed by atoms with Gasteiger partial charge in [-0.3, -0.25) is 14.5 Å². The molecule has 2 saturated heterocycles. The quantitative estimate of drug-likeness (QED) is 0.224. The standard InChI is InChI=1S/C47H74N2O13/c1-11-37-34(25-58-47-45(57-10)44(56-9)41(54)30(6)60-47)20-26(2)16-17-35(50)27(3)21-31(18-19-49-23-32-14-12-13-15-33(32)24-49)43(28(4)36(51)22-38(52)61-37)62-46-42(55)39(48(7)8)40(53)29(5)59-46/h12-17,20,27-31,34,36-37,39-47,51,53-55H,11,18-19,21-25H2,1-10H3/b17-16+,26-20+/t27-,28+,29-,30-,31+,34-,36-,37-,39+,40-,41-,42-,43-,44-,45-,46+,47-/m1/s1. The maximum atomic E-state index is 14.0. The lowest BCUT2D eigenvalue weighted by Crippen LogP contribution is -2.63. The number of fused-ring (bicyclic) bond motifs is 1. The normalized spacial score (nSPS) is 40.8. The molecule has 62 heavy (non-hydrogen) atoms. The molecule has 1 aromatic carbocycles. The Hall–Kier alpha value is -2.64. The third-order valence-corrected chi connectivity index (χ3v) is 13.4. The number of cyclic esters (lactones) is 1. The van der Waals surface area contributed by atoms with Gasteiger partial charge in [0.15, 0.2) is 18.4 Å². The van der Waals surface area contributed by atoms with Gasteiger partial charge in [-0.2, -0.15) is 0 Å². The highest BCUT2D eigenvalue weighted by Crippen LogP contribution is 2.36. The summed E-state index contributed by atoms with van der Waals surface area (Å²) in [5, 5.41) is 45.3. The molecule has 350 valence electrons. The van der Waals surface area contributed by atoms with Gasteiger partial charge >= 0.3 is 5.97 Å². The minimum Gasteiger partial charge on any atom is -0.462 e. The number of allylic oxidation sites excluding steroid dienone is 3. The number of carbonyl (C=O) groups is 2. The first-order valence-electron chi connectivity index (χ1n) is 22.4. The molecule has 0 amide bonds. The van der Waals surface area contributed by atoms with Crippen molar-refractivity contribution in [3.63, 3.8) is 0 Å². The Morgan fingerprint density at radius 1 is 0.839 bits per heavy atom. The van der Waals surface area contributed by atoms with Crippen molar-refractivity contribution in [2.45, 2.75) is 160 Å². The van der Waals surface area contributed by atoms with E-state index in [4.69, 9.17) is 33.2 Å². The van der Waals surface area contributed by atoms with Crippen LogP contribution in [0.4, 0.5) is 0 Å². The van der Waals surface area contributed by atoms with E-state index in [1.807, 2.05) is 45.9 Å². The minimum atomic E-state index is -1.24. The van der Waals surface area contributed by atoms with Crippen molar-refractivity contribution in [1.82, 2.24) is 9.80 Å². The number of ether oxygens (including phenoxy) is 7. The summed E-state index contributed by atoms with van der Waals surface area (Å²) in [5.41, 5.74) is 3.30. The number of carbonyl (C=O) groups excluding carboxylic acids is 2. The number of ketones is 1. The fourth-order valence-electron chi connectivity index (χ4n) is 9.60. The zero-order valence-corrected chi connectivity index (χ0v) is 38.4. The Bertz CT molecular complexity index is 1630. The molecule has 0 bridgehead atoms. The number of aliphatic hydroxyl groups is 4. The van der Waals surface area contributed by atoms with Gasteiger partial charge in [0.1, 0.15) is 30.5 Å². The van der Waals surface area contributed by atoms with E-state index >= 15 is 0 Å². The highest BCUT2D eigenvalue weighted by atomic mass is 16.7. The zero-order chi connectivity index (χ0) is 45.4. The van der Waals surface area contributed by atoms with Crippen molar-refractivity contribution < 1.29 is 63.2 Å². The molecule has 4 N–H and O–H groups in total. The lowest BCUT2D eigenvalue weighted by molar-refractivity contribution is -0.304. The Labute approximate surface area is 368 Å². The molecule has 15 nitrogen and oxygen atoms in total. The second kappa shape index (κ2) is 23.0. The van der Waals surface area contributed by atoms with Gasteiger partial charge < -0.3 is 58.5 Å². The summed E-state index contributed by atoms with van der Waals surface area (Å²) < 4.78 is 42.6. The molecule has 1 aromatic rings. The van der Waals surface area contributed by atoms with Crippen LogP contribution in [0, 0.1) is 23.7 Å². The average Bonchev–Trinajstić information content (AvgIpc) is 3.66. The van der Waals surface area contributed by atoms with Crippen LogP contribution < -0.4 is 0 Å². The Kier molecular flexibility index (Phi) is 18.7. The number of hydrogen-bond donors (Lipinski definition) is 4. The summed E-state index contributed by atoms with van der Waals surface area (Å²) in [6.45, 7) is 13.2. The summed E-state index contributed by atoms with van der Waals surface area (Å²) in [6.07, 6.45) is -4.38. The summed E-state index contributed by atoms with van der Waals surface area (Å²) in [5.74, 6) is -2.66. The highest BCUT2D eigenvalue weighted by Gasteiger charge is 2.48. The van der Waals surface area contributed by atoms with Gasteiger partial charge in [0.2, 0.25) is 0 Å². The number of benzene rings is 1. The molecule has 15 heteroatoms. The summed E-state index contributed by atoms with van der Waals surface area (Å²) in [4.78, 5) is 32.0. The van der Waals surface area contributed by atoms with Gasteiger partial charge in [-0.05, 0) is 83.8 Å². The molecular weight excluding hydrogens is 801 g/mol. The minimum absolute atomic E-state index is 0.0362. The predicted molar refractivity (Wildman–Crippen MR) is 230 cm³/mol. The maximum absolute atomic E-state index is 14.0. The van der Waals surface area contributed by atoms with E-state index < -0.39 is 103 Å². The number of esters is 1. The van der Waals surface area contributed by atoms with Gasteiger partial charge in [0.25, 0.3) is 0 Å². The molecule has 4 aliphatic rings. The fraction of sp³-hybridized carbons (Fsp3) is 0.745. The lowest BCUT2D eigenvalue weighted by Gasteiger charge is -2.46. The number of nitrogens with zero attached hydrogens (tertiary/aromatic N) is 2. The largest absolute Gasteiger partial charge is 0.462 e. The topological polar surface area (TPSA) is 186 Å². The van der Waals surface area contributed by atoms with Gasteiger partial charge in [-0.15, -0.1) is 0 Å². The van der Waals surface area contributed by atoms with Crippen molar-refractivity contribution in [2.75, 3.05) is 41.5 Å². The van der Waals surface area contributed by atoms with E-state index in [-0.39, 0.29) is 24.7 Å². The number of methoxy groups -OCH3 is 2. The third-order valence-electron chi connectivity index (χ3n) is 13.4. The van der Waals surface area contributed by atoms with E-state index in [0.29, 0.717) is 25.8 Å². The van der Waals surface area contributed by atoms with Crippen molar-refractivity contribution in [3.8, 4) is 0 Å². The maximum Gasteiger partial charge on any atom is 0.308 e. The monoisotopic (exact) mass is 875 g/mol. The van der Waals surface area contributed by atoms with E-state index in [2.05, 4.69) is 17.0 Å². The van der Waals surface area contributed by atoms with Gasteiger partial charge in [-0.25, -0.2) is 0 Å². The average molecular weight is 875 g/mol. The van der Waals surface area contributed by atoms with Crippen molar-refractivity contribution in [2.24, 2.45) is 23.7 Å². The molecule has 0 radical (unpaired) electrons. The highest BCUT2D eigenvalue weighted by molar-refractivity contribution is 5.91. The molecule has 17 atom stereocenters. The number of hydrogen-bond acceptors (Lipinski definition) is 15. The van der Waals surface area contributed by atoms with Crippen LogP contribution in [0.1, 0.15) is 78.4 Å². The number of rotatable bonds is 12. The van der Waals surface area contributed by atoms with Gasteiger partial charge in [-0.1, -0.05) is 62.8 Å². The summed E-state index contributed by atoms with van der Waals surface area (Å²) in [7, 11) is 6.52.